The fraction of sp³-hybridized carbons (Fsp3) is 0.600. The van der Waals surface area contributed by atoms with Crippen LogP contribution in [0.1, 0.15) is 16.7 Å². The van der Waals surface area contributed by atoms with Gasteiger partial charge in [-0.1, -0.05) is 36.3 Å². The molecular formula is C15H24F6Si3. The zero-order valence-corrected chi connectivity index (χ0v) is 17.8. The highest BCUT2D eigenvalue weighted by atomic mass is 28.2. The molecule has 0 amide bonds. The van der Waals surface area contributed by atoms with E-state index in [0.717, 1.165) is 16.7 Å². The molecule has 0 saturated heterocycles. The van der Waals surface area contributed by atoms with Crippen LogP contribution in [0.4, 0.5) is 26.3 Å². The van der Waals surface area contributed by atoms with Crippen molar-refractivity contribution in [1.82, 2.24) is 0 Å². The quantitative estimate of drug-likeness (QED) is 0.373. The van der Waals surface area contributed by atoms with E-state index in [9.17, 15) is 26.3 Å². The second-order valence-electron chi connectivity index (χ2n) is 6.01. The molecule has 1 aromatic rings. The Morgan fingerprint density at radius 3 is 1.00 bits per heavy atom. The van der Waals surface area contributed by atoms with E-state index in [1.165, 1.54) is 0 Å². The third kappa shape index (κ3) is 10.3. The van der Waals surface area contributed by atoms with Crippen molar-refractivity contribution in [1.29, 1.82) is 0 Å². The van der Waals surface area contributed by atoms with Gasteiger partial charge in [-0.2, -0.15) is 0 Å². The molecule has 0 aromatic heterocycles. The maximum atomic E-state index is 12.3. The minimum Gasteiger partial charge on any atom is -0.216 e. The molecule has 138 valence electrons. The number of alkyl halides is 6. The SMILES string of the molecule is FC(F)[SiH2]CCc1cc(CC[SiH2]C(F)F)cc(CC[SiH2]C(F)F)c1. The normalized spacial score (nSPS) is 13.4. The van der Waals surface area contributed by atoms with E-state index >= 15 is 0 Å². The van der Waals surface area contributed by atoms with Crippen LogP contribution < -0.4 is 0 Å². The summed E-state index contributed by atoms with van der Waals surface area (Å²) in [6, 6.07) is 0.647. The highest BCUT2D eigenvalue weighted by Gasteiger charge is 2.09. The Bertz CT molecular complexity index is 392. The monoisotopic (exact) mass is 402 g/mol. The van der Waals surface area contributed by atoms with Gasteiger partial charge in [-0.05, 0) is 36.0 Å². The second kappa shape index (κ2) is 11.9. The van der Waals surface area contributed by atoms with Crippen LogP contribution in [0.15, 0.2) is 18.2 Å². The lowest BCUT2D eigenvalue weighted by molar-refractivity contribution is 0.237. The molecule has 24 heavy (non-hydrogen) atoms. The Balaban J connectivity index is 2.68. The summed E-state index contributed by atoms with van der Waals surface area (Å²) in [5, 5.41) is 0. The van der Waals surface area contributed by atoms with E-state index in [-0.39, 0.29) is 0 Å². The molecule has 1 aromatic carbocycles. The summed E-state index contributed by atoms with van der Waals surface area (Å²) in [4.78, 5) is 0. The lowest BCUT2D eigenvalue weighted by Crippen LogP contribution is -2.07. The zero-order valence-electron chi connectivity index (χ0n) is 13.6. The van der Waals surface area contributed by atoms with Crippen molar-refractivity contribution in [3.05, 3.63) is 34.9 Å². The van der Waals surface area contributed by atoms with Gasteiger partial charge in [-0.25, -0.2) is 26.3 Å². The Morgan fingerprint density at radius 2 is 0.792 bits per heavy atom. The fourth-order valence-electron chi connectivity index (χ4n) is 2.65. The van der Waals surface area contributed by atoms with Crippen LogP contribution >= 0.6 is 0 Å². The number of rotatable bonds is 12. The molecule has 1 rings (SSSR count). The smallest absolute Gasteiger partial charge is 0.214 e. The first-order chi connectivity index (χ1) is 11.4. The molecule has 0 radical (unpaired) electrons. The summed E-state index contributed by atoms with van der Waals surface area (Å²) >= 11 is 0. The van der Waals surface area contributed by atoms with Gasteiger partial charge in [0, 0.05) is 0 Å². The molecule has 0 heterocycles. The standard InChI is InChI=1S/C15H24F6Si3/c16-13(17)22-4-1-10-7-11(2-5-23-14(18)19)9-12(8-10)3-6-24-15(20)21/h7-9,13-15H,1-6,22-24H2. The maximum Gasteiger partial charge on any atom is 0.214 e. The molecule has 0 fully saturated rings. The van der Waals surface area contributed by atoms with E-state index in [4.69, 9.17) is 0 Å². The predicted molar refractivity (Wildman–Crippen MR) is 95.6 cm³/mol. The summed E-state index contributed by atoms with van der Waals surface area (Å²) in [6.07, 6.45) is 1.70. The highest BCUT2D eigenvalue weighted by Crippen LogP contribution is 2.17. The minimum absolute atomic E-state index is 0.498. The van der Waals surface area contributed by atoms with E-state index in [0.29, 0.717) is 37.4 Å². The van der Waals surface area contributed by atoms with Gasteiger partial charge in [0.2, 0.25) is 18.1 Å². The van der Waals surface area contributed by atoms with Gasteiger partial charge in [0.05, 0.1) is 0 Å². The van der Waals surface area contributed by atoms with Crippen LogP contribution in [0.25, 0.3) is 0 Å². The molecule has 0 spiro atoms. The van der Waals surface area contributed by atoms with Crippen LogP contribution in [0, 0.1) is 0 Å². The summed E-state index contributed by atoms with van der Waals surface area (Å²) in [5.41, 5.74) is 2.81. The van der Waals surface area contributed by atoms with Crippen molar-refractivity contribution in [3.8, 4) is 0 Å². The molecule has 0 N–H and O–H groups in total. The summed E-state index contributed by atoms with van der Waals surface area (Å²) < 4.78 is 73.9. The first kappa shape index (κ1) is 21.5. The lowest BCUT2D eigenvalue weighted by atomic mass is 10.0. The van der Waals surface area contributed by atoms with E-state index in [2.05, 4.69) is 0 Å². The van der Waals surface area contributed by atoms with Crippen LogP contribution in [0.5, 0.6) is 0 Å². The molecule has 0 atom stereocenters. The molecule has 0 saturated carbocycles. The second-order valence-corrected chi connectivity index (χ2v) is 11.7. The summed E-state index contributed by atoms with van der Waals surface area (Å²) in [6.45, 7) is 0. The molecule has 0 nitrogen and oxygen atoms in total. The van der Waals surface area contributed by atoms with E-state index in [1.807, 2.05) is 18.2 Å². The van der Waals surface area contributed by atoms with Gasteiger partial charge < -0.3 is 0 Å². The topological polar surface area (TPSA) is 0 Å². The first-order valence-corrected chi connectivity index (χ1v) is 13.8. The number of hydrogen-bond acceptors (Lipinski definition) is 0. The van der Waals surface area contributed by atoms with Crippen molar-refractivity contribution in [2.75, 3.05) is 0 Å². The van der Waals surface area contributed by atoms with Gasteiger partial charge in [0.1, 0.15) is 28.6 Å². The van der Waals surface area contributed by atoms with Crippen molar-refractivity contribution >= 4 is 28.6 Å². The average molecular weight is 403 g/mol. The molecule has 0 aliphatic carbocycles. The summed E-state index contributed by atoms with van der Waals surface area (Å²) in [5.74, 6) is 0. The Kier molecular flexibility index (Phi) is 10.7. The molecule has 0 bridgehead atoms. The predicted octanol–water partition coefficient (Wildman–Crippen LogP) is 2.74. The van der Waals surface area contributed by atoms with Crippen LogP contribution in [0.3, 0.4) is 0 Å². The third-order valence-electron chi connectivity index (χ3n) is 3.78. The van der Waals surface area contributed by atoms with Crippen molar-refractivity contribution in [2.24, 2.45) is 0 Å². The largest absolute Gasteiger partial charge is 0.216 e. The molecule has 0 unspecified atom stereocenters. The fourth-order valence-corrected chi connectivity index (χ4v) is 5.42. The van der Waals surface area contributed by atoms with Crippen molar-refractivity contribution < 1.29 is 26.3 Å². The number of hydrogen-bond donors (Lipinski definition) is 0. The van der Waals surface area contributed by atoms with Crippen molar-refractivity contribution in [3.63, 3.8) is 0 Å². The third-order valence-corrected chi connectivity index (χ3v) is 7.37. The zero-order chi connectivity index (χ0) is 17.9. The highest BCUT2D eigenvalue weighted by molar-refractivity contribution is 6.37. The molecule has 9 heteroatoms. The number of aryl methyl sites for hydroxylation is 3. The van der Waals surface area contributed by atoms with Gasteiger partial charge in [-0.3, -0.25) is 0 Å². The Hall–Kier alpha value is -0.549. The van der Waals surface area contributed by atoms with E-state index in [1.54, 1.807) is 0 Å². The van der Waals surface area contributed by atoms with Crippen molar-refractivity contribution in [2.45, 2.75) is 55.5 Å². The van der Waals surface area contributed by atoms with Gasteiger partial charge >= 0.3 is 0 Å². The molecular weight excluding hydrogens is 378 g/mol. The average Bonchev–Trinajstić information content (AvgIpc) is 2.46. The molecule has 0 aliphatic heterocycles. The number of halogens is 6. The van der Waals surface area contributed by atoms with Crippen LogP contribution in [-0.4, -0.2) is 46.7 Å². The maximum absolute atomic E-state index is 12.3. The summed E-state index contributed by atoms with van der Waals surface area (Å²) in [7, 11) is -4.18. The minimum atomic E-state index is -2.19. The van der Waals surface area contributed by atoms with Gasteiger partial charge in [0.15, 0.2) is 0 Å². The van der Waals surface area contributed by atoms with E-state index < -0.39 is 46.7 Å². The first-order valence-electron chi connectivity index (χ1n) is 8.33. The Labute approximate surface area is 145 Å². The van der Waals surface area contributed by atoms with Crippen LogP contribution in [0.2, 0.25) is 18.1 Å². The molecule has 0 aliphatic rings. The van der Waals surface area contributed by atoms with Gasteiger partial charge in [0.25, 0.3) is 0 Å². The van der Waals surface area contributed by atoms with Gasteiger partial charge in [-0.15, -0.1) is 0 Å². The van der Waals surface area contributed by atoms with Crippen LogP contribution in [-0.2, 0) is 19.3 Å². The Morgan fingerprint density at radius 1 is 0.542 bits per heavy atom. The lowest BCUT2D eigenvalue weighted by Gasteiger charge is -2.10. The number of benzene rings is 1.